The van der Waals surface area contributed by atoms with E-state index in [4.69, 9.17) is 4.74 Å². The Morgan fingerprint density at radius 1 is 0.840 bits per heavy atom. The van der Waals surface area contributed by atoms with Gasteiger partial charge in [-0.3, -0.25) is 24.0 Å². The van der Waals surface area contributed by atoms with E-state index in [1.807, 2.05) is 44.2 Å². The molecule has 2 aromatic carbocycles. The average molecular weight is 690 g/mol. The van der Waals surface area contributed by atoms with Gasteiger partial charge >= 0.3 is 0 Å². The number of rotatable bonds is 6. The Morgan fingerprint density at radius 2 is 1.54 bits per heavy atom. The molecule has 0 radical (unpaired) electrons. The SMILES string of the molecule is CC(C)C[C@@H]1NC(=O)[C@H](Cc2ccccc2)NC(=O)CC[C@@H](C(=O)NC2CCCC2)NC(=O)c2ccccc2OCCCCCCN(C)C1=O. The molecule has 4 N–H and O–H groups in total. The molecule has 11 heteroatoms. The Morgan fingerprint density at radius 3 is 2.28 bits per heavy atom. The first kappa shape index (κ1) is 38.4. The fraction of sp³-hybridized carbons (Fsp3) is 0.564. The Balaban J connectivity index is 1.59. The normalized spacial score (nSPS) is 22.6. The van der Waals surface area contributed by atoms with Crippen molar-refractivity contribution in [3.63, 3.8) is 0 Å². The van der Waals surface area contributed by atoms with Gasteiger partial charge in [-0.1, -0.05) is 82.0 Å². The molecule has 4 rings (SSSR count). The van der Waals surface area contributed by atoms with Crippen molar-refractivity contribution in [3.8, 4) is 5.75 Å². The van der Waals surface area contributed by atoms with Crippen LogP contribution in [0.4, 0.5) is 0 Å². The highest BCUT2D eigenvalue weighted by Crippen LogP contribution is 2.21. The van der Waals surface area contributed by atoms with Gasteiger partial charge in [0.15, 0.2) is 0 Å². The van der Waals surface area contributed by atoms with Crippen molar-refractivity contribution in [1.29, 1.82) is 0 Å². The lowest BCUT2D eigenvalue weighted by Crippen LogP contribution is -2.55. The molecule has 11 nitrogen and oxygen atoms in total. The summed E-state index contributed by atoms with van der Waals surface area (Å²) in [5.41, 5.74) is 1.16. The van der Waals surface area contributed by atoms with Crippen LogP contribution in [0.2, 0.25) is 0 Å². The smallest absolute Gasteiger partial charge is 0.255 e. The number of nitrogens with zero attached hydrogens (tertiary/aromatic N) is 1. The Kier molecular flexibility index (Phi) is 15.1. The van der Waals surface area contributed by atoms with Gasteiger partial charge in [0.25, 0.3) is 5.91 Å². The lowest BCUT2D eigenvalue weighted by molar-refractivity contribution is -0.137. The number of carbonyl (C=O) groups is 5. The van der Waals surface area contributed by atoms with Crippen LogP contribution in [0.1, 0.15) is 100 Å². The van der Waals surface area contributed by atoms with Gasteiger partial charge in [0.2, 0.25) is 23.6 Å². The molecule has 0 aromatic heterocycles. The van der Waals surface area contributed by atoms with Crippen molar-refractivity contribution in [3.05, 3.63) is 65.7 Å². The van der Waals surface area contributed by atoms with Crippen LogP contribution in [0.15, 0.2) is 54.6 Å². The number of likely N-dealkylation sites (N-methyl/N-ethyl adjacent to an activating group) is 1. The van der Waals surface area contributed by atoms with E-state index in [1.165, 1.54) is 0 Å². The van der Waals surface area contributed by atoms with Gasteiger partial charge in [0, 0.05) is 32.5 Å². The van der Waals surface area contributed by atoms with Gasteiger partial charge < -0.3 is 30.9 Å². The minimum absolute atomic E-state index is 0.0256. The molecule has 50 heavy (non-hydrogen) atoms. The molecule has 3 atom stereocenters. The summed E-state index contributed by atoms with van der Waals surface area (Å²) in [5, 5.41) is 11.8. The number of hydrogen-bond donors (Lipinski definition) is 4. The van der Waals surface area contributed by atoms with Crippen molar-refractivity contribution in [2.75, 3.05) is 20.2 Å². The number of hydrogen-bond acceptors (Lipinski definition) is 6. The van der Waals surface area contributed by atoms with Crippen LogP contribution in [0.25, 0.3) is 0 Å². The maximum Gasteiger partial charge on any atom is 0.255 e. The molecule has 1 heterocycles. The van der Waals surface area contributed by atoms with Crippen molar-refractivity contribution in [1.82, 2.24) is 26.2 Å². The summed E-state index contributed by atoms with van der Waals surface area (Å²) in [5.74, 6) is -1.28. The second kappa shape index (κ2) is 19.7. The molecular formula is C39H55N5O6. The molecule has 1 aliphatic heterocycles. The minimum atomic E-state index is -0.982. The van der Waals surface area contributed by atoms with E-state index >= 15 is 0 Å². The maximum absolute atomic E-state index is 13.9. The molecular weight excluding hydrogens is 634 g/mol. The molecule has 0 unspecified atom stereocenters. The molecule has 0 saturated heterocycles. The lowest BCUT2D eigenvalue weighted by Gasteiger charge is -2.28. The summed E-state index contributed by atoms with van der Waals surface area (Å²) in [6.45, 7) is 4.97. The largest absolute Gasteiger partial charge is 0.493 e. The summed E-state index contributed by atoms with van der Waals surface area (Å²) < 4.78 is 6.02. The third-order valence-corrected chi connectivity index (χ3v) is 9.39. The van der Waals surface area contributed by atoms with E-state index in [2.05, 4.69) is 21.3 Å². The molecule has 5 amide bonds. The zero-order valence-electron chi connectivity index (χ0n) is 29.9. The number of nitrogens with one attached hydrogen (secondary N) is 4. The van der Waals surface area contributed by atoms with E-state index in [0.29, 0.717) is 30.9 Å². The van der Waals surface area contributed by atoms with Crippen LogP contribution >= 0.6 is 0 Å². The van der Waals surface area contributed by atoms with Crippen molar-refractivity contribution < 1.29 is 28.7 Å². The van der Waals surface area contributed by atoms with Gasteiger partial charge in [-0.2, -0.15) is 0 Å². The van der Waals surface area contributed by atoms with Crippen LogP contribution in [-0.4, -0.2) is 78.8 Å². The zero-order chi connectivity index (χ0) is 35.9. The monoisotopic (exact) mass is 689 g/mol. The quantitative estimate of drug-likeness (QED) is 0.356. The number of benzene rings is 2. The number of fused-ring (bicyclic) bond motifs is 1. The van der Waals surface area contributed by atoms with Crippen LogP contribution in [0.5, 0.6) is 5.75 Å². The van der Waals surface area contributed by atoms with Gasteiger partial charge in [0.1, 0.15) is 23.9 Å². The fourth-order valence-electron chi connectivity index (χ4n) is 6.59. The number of para-hydroxylation sites is 1. The van der Waals surface area contributed by atoms with E-state index in [0.717, 1.165) is 56.9 Å². The highest BCUT2D eigenvalue weighted by atomic mass is 16.5. The molecule has 0 bridgehead atoms. The van der Waals surface area contributed by atoms with Gasteiger partial charge in [-0.05, 0) is 62.1 Å². The van der Waals surface area contributed by atoms with Crippen molar-refractivity contribution in [2.45, 2.75) is 115 Å². The van der Waals surface area contributed by atoms with Gasteiger partial charge in [-0.25, -0.2) is 0 Å². The van der Waals surface area contributed by atoms with Crippen LogP contribution in [0.3, 0.4) is 0 Å². The molecule has 1 aliphatic carbocycles. The second-order valence-electron chi connectivity index (χ2n) is 14.1. The third kappa shape index (κ3) is 12.2. The molecule has 2 aromatic rings. The Labute approximate surface area is 296 Å². The lowest BCUT2D eigenvalue weighted by atomic mass is 10.00. The zero-order valence-corrected chi connectivity index (χ0v) is 29.9. The summed E-state index contributed by atoms with van der Waals surface area (Å²) in [6.07, 6.45) is 7.71. The van der Waals surface area contributed by atoms with Crippen LogP contribution < -0.4 is 26.0 Å². The van der Waals surface area contributed by atoms with E-state index in [1.54, 1.807) is 36.2 Å². The first-order chi connectivity index (χ1) is 24.1. The van der Waals surface area contributed by atoms with E-state index in [-0.39, 0.29) is 43.0 Å². The molecule has 2 aliphatic rings. The summed E-state index contributed by atoms with van der Waals surface area (Å²) in [6, 6.07) is 13.7. The first-order valence-corrected chi connectivity index (χ1v) is 18.3. The summed E-state index contributed by atoms with van der Waals surface area (Å²) in [7, 11) is 1.76. The molecule has 1 fully saturated rings. The van der Waals surface area contributed by atoms with Crippen LogP contribution in [-0.2, 0) is 25.6 Å². The fourth-order valence-corrected chi connectivity index (χ4v) is 6.59. The topological polar surface area (TPSA) is 146 Å². The number of amides is 5. The number of ether oxygens (including phenoxy) is 1. The third-order valence-electron chi connectivity index (χ3n) is 9.39. The molecule has 1 saturated carbocycles. The maximum atomic E-state index is 13.9. The predicted molar refractivity (Wildman–Crippen MR) is 192 cm³/mol. The highest BCUT2D eigenvalue weighted by Gasteiger charge is 2.31. The van der Waals surface area contributed by atoms with Gasteiger partial charge in [0.05, 0.1) is 12.2 Å². The minimum Gasteiger partial charge on any atom is -0.493 e. The van der Waals surface area contributed by atoms with Crippen molar-refractivity contribution >= 4 is 29.5 Å². The Hall–Kier alpha value is -4.41. The molecule has 0 spiro atoms. The van der Waals surface area contributed by atoms with E-state index in [9.17, 15) is 24.0 Å². The van der Waals surface area contributed by atoms with Crippen molar-refractivity contribution in [2.24, 2.45) is 5.92 Å². The van der Waals surface area contributed by atoms with E-state index < -0.39 is 35.8 Å². The average Bonchev–Trinajstić information content (AvgIpc) is 3.61. The van der Waals surface area contributed by atoms with Gasteiger partial charge in [-0.15, -0.1) is 0 Å². The standard InChI is InChI=1S/C39H55N5O6/c1-27(2)25-33-39(49)44(3)23-13-4-5-14-24-50-34-20-12-11-19-30(34)36(46)42-31(37(47)40-29-17-9-10-18-29)21-22-35(45)41-32(38(48)43-33)26-28-15-7-6-8-16-28/h6-8,11-12,15-16,19-20,27,29,31-33H,4-5,9-10,13-14,17-18,21-26H2,1-3H3,(H,40,47)(H,41,45)(H,42,46)(H,43,48)/t31-,32-,33-/m0/s1. The number of carbonyl (C=O) groups excluding carboxylic acids is 5. The summed E-state index contributed by atoms with van der Waals surface area (Å²) >= 11 is 0. The van der Waals surface area contributed by atoms with Crippen LogP contribution in [0, 0.1) is 5.92 Å². The highest BCUT2D eigenvalue weighted by molar-refractivity contribution is 6.00. The Bertz CT molecular complexity index is 1430. The summed E-state index contributed by atoms with van der Waals surface area (Å²) in [4.78, 5) is 69.8. The first-order valence-electron chi connectivity index (χ1n) is 18.3. The predicted octanol–water partition coefficient (Wildman–Crippen LogP) is 4.29. The molecule has 272 valence electrons. The second-order valence-corrected chi connectivity index (χ2v) is 14.1.